The van der Waals surface area contributed by atoms with Gasteiger partial charge in [0.25, 0.3) is 0 Å². The van der Waals surface area contributed by atoms with Crippen molar-refractivity contribution in [1.82, 2.24) is 0 Å². The normalized spacial score (nSPS) is 12.4. The van der Waals surface area contributed by atoms with Crippen LogP contribution in [0.3, 0.4) is 0 Å². The summed E-state index contributed by atoms with van der Waals surface area (Å²) in [7, 11) is 0. The maximum absolute atomic E-state index is 13.7. The van der Waals surface area contributed by atoms with Crippen molar-refractivity contribution in [1.29, 1.82) is 0 Å². The van der Waals surface area contributed by atoms with Gasteiger partial charge in [0.1, 0.15) is 5.82 Å². The van der Waals surface area contributed by atoms with Crippen LogP contribution >= 0.6 is 15.9 Å². The van der Waals surface area contributed by atoms with Crippen molar-refractivity contribution in [2.45, 2.75) is 19.4 Å². The summed E-state index contributed by atoms with van der Waals surface area (Å²) in [4.78, 5) is 0. The second kappa shape index (κ2) is 5.63. The van der Waals surface area contributed by atoms with E-state index in [0.717, 1.165) is 15.6 Å². The molecular formula is C15H15BrFN. The fraction of sp³-hybridized carbons (Fsp3) is 0.200. The largest absolute Gasteiger partial charge is 0.324 e. The van der Waals surface area contributed by atoms with Gasteiger partial charge in [-0.1, -0.05) is 45.8 Å². The van der Waals surface area contributed by atoms with Crippen LogP contribution in [0.1, 0.15) is 22.7 Å². The van der Waals surface area contributed by atoms with Gasteiger partial charge in [-0.05, 0) is 37.1 Å². The minimum absolute atomic E-state index is 0.233. The predicted octanol–water partition coefficient (Wildman–Crippen LogP) is 4.14. The van der Waals surface area contributed by atoms with Gasteiger partial charge in [-0.3, -0.25) is 0 Å². The summed E-state index contributed by atoms with van der Waals surface area (Å²) in [5.74, 6) is -0.233. The lowest BCUT2D eigenvalue weighted by atomic mass is 9.98. The summed E-state index contributed by atoms with van der Waals surface area (Å²) in [6, 6.07) is 12.7. The monoisotopic (exact) mass is 307 g/mol. The van der Waals surface area contributed by atoms with Crippen LogP contribution in [0.25, 0.3) is 0 Å². The molecule has 0 aliphatic heterocycles. The Morgan fingerprint density at radius 1 is 1.22 bits per heavy atom. The summed E-state index contributed by atoms with van der Waals surface area (Å²) in [6.45, 7) is 1.94. The highest BCUT2D eigenvalue weighted by Crippen LogP contribution is 2.22. The van der Waals surface area contributed by atoms with Gasteiger partial charge in [-0.2, -0.15) is 0 Å². The third-order valence-electron chi connectivity index (χ3n) is 2.90. The summed E-state index contributed by atoms with van der Waals surface area (Å²) in [6.07, 6.45) is 0.625. The molecule has 1 atom stereocenters. The number of hydrogen-bond donors (Lipinski definition) is 1. The molecule has 1 unspecified atom stereocenters. The van der Waals surface area contributed by atoms with Crippen molar-refractivity contribution in [3.05, 3.63) is 69.4 Å². The first-order valence-corrected chi connectivity index (χ1v) is 6.61. The summed E-state index contributed by atoms with van der Waals surface area (Å²) in [5, 5.41) is 0. The first kappa shape index (κ1) is 13.2. The molecule has 0 radical (unpaired) electrons. The molecule has 0 aromatic heterocycles. The van der Waals surface area contributed by atoms with Gasteiger partial charge in [0.05, 0.1) is 0 Å². The lowest BCUT2D eigenvalue weighted by molar-refractivity contribution is 0.579. The molecule has 3 heteroatoms. The highest BCUT2D eigenvalue weighted by Gasteiger charge is 2.12. The van der Waals surface area contributed by atoms with Crippen molar-refractivity contribution >= 4 is 15.9 Å². The average Bonchev–Trinajstić information content (AvgIpc) is 2.32. The van der Waals surface area contributed by atoms with Gasteiger partial charge in [0.2, 0.25) is 0 Å². The third kappa shape index (κ3) is 3.18. The van der Waals surface area contributed by atoms with Crippen molar-refractivity contribution in [2.24, 2.45) is 5.73 Å². The highest BCUT2D eigenvalue weighted by molar-refractivity contribution is 9.10. The summed E-state index contributed by atoms with van der Waals surface area (Å²) < 4.78 is 14.7. The van der Waals surface area contributed by atoms with Crippen molar-refractivity contribution < 1.29 is 4.39 Å². The minimum atomic E-state index is -0.320. The first-order chi connectivity index (χ1) is 8.56. The molecule has 0 saturated heterocycles. The van der Waals surface area contributed by atoms with E-state index in [-0.39, 0.29) is 11.9 Å². The Labute approximate surface area is 115 Å². The average molecular weight is 308 g/mol. The second-order valence-electron chi connectivity index (χ2n) is 4.47. The van der Waals surface area contributed by atoms with Crippen LogP contribution in [0.5, 0.6) is 0 Å². The minimum Gasteiger partial charge on any atom is -0.324 e. The van der Waals surface area contributed by atoms with E-state index in [2.05, 4.69) is 15.9 Å². The molecule has 94 valence electrons. The molecule has 2 aromatic carbocycles. The number of nitrogens with two attached hydrogens (primary N) is 1. The quantitative estimate of drug-likeness (QED) is 0.906. The Morgan fingerprint density at radius 2 is 2.00 bits per heavy atom. The third-order valence-corrected chi connectivity index (χ3v) is 3.39. The van der Waals surface area contributed by atoms with Crippen LogP contribution in [0.2, 0.25) is 0 Å². The zero-order valence-corrected chi connectivity index (χ0v) is 11.7. The fourth-order valence-electron chi connectivity index (χ4n) is 1.98. The van der Waals surface area contributed by atoms with Gasteiger partial charge >= 0.3 is 0 Å². The molecule has 2 aromatic rings. The number of halogens is 2. The summed E-state index contributed by atoms with van der Waals surface area (Å²) >= 11 is 3.42. The zero-order chi connectivity index (χ0) is 13.1. The Bertz CT molecular complexity index is 554. The molecule has 2 rings (SSSR count). The molecule has 0 amide bonds. The van der Waals surface area contributed by atoms with Gasteiger partial charge in [-0.15, -0.1) is 0 Å². The Hall–Kier alpha value is -1.19. The van der Waals surface area contributed by atoms with Gasteiger partial charge in [0.15, 0.2) is 0 Å². The van der Waals surface area contributed by atoms with E-state index < -0.39 is 0 Å². The fourth-order valence-corrected chi connectivity index (χ4v) is 2.42. The van der Waals surface area contributed by atoms with Crippen LogP contribution in [-0.4, -0.2) is 0 Å². The maximum Gasteiger partial charge on any atom is 0.128 e. The first-order valence-electron chi connectivity index (χ1n) is 5.82. The van der Waals surface area contributed by atoms with Gasteiger partial charge in [0, 0.05) is 16.1 Å². The van der Waals surface area contributed by atoms with Crippen molar-refractivity contribution in [2.75, 3.05) is 0 Å². The number of benzene rings is 2. The summed E-state index contributed by atoms with van der Waals surface area (Å²) in [5.41, 5.74) is 8.79. The van der Waals surface area contributed by atoms with Crippen LogP contribution in [0.15, 0.2) is 46.9 Å². The molecule has 18 heavy (non-hydrogen) atoms. The zero-order valence-electron chi connectivity index (χ0n) is 10.2. The van der Waals surface area contributed by atoms with E-state index in [9.17, 15) is 4.39 Å². The Kier molecular flexibility index (Phi) is 4.15. The van der Waals surface area contributed by atoms with E-state index in [0.29, 0.717) is 12.0 Å². The standard InChI is InChI=1S/C15H15BrFN/c1-10-5-6-14(17)13(7-10)15(18)9-11-3-2-4-12(16)8-11/h2-8,15H,9,18H2,1H3. The Morgan fingerprint density at radius 3 is 2.72 bits per heavy atom. The van der Waals surface area contributed by atoms with Gasteiger partial charge in [-0.25, -0.2) is 4.39 Å². The molecule has 1 nitrogen and oxygen atoms in total. The van der Waals surface area contributed by atoms with E-state index >= 15 is 0 Å². The SMILES string of the molecule is Cc1ccc(F)c(C(N)Cc2cccc(Br)c2)c1. The lowest BCUT2D eigenvalue weighted by Crippen LogP contribution is -2.15. The van der Waals surface area contributed by atoms with E-state index in [1.807, 2.05) is 37.3 Å². The predicted molar refractivity (Wildman–Crippen MR) is 75.9 cm³/mol. The van der Waals surface area contributed by atoms with Crippen molar-refractivity contribution in [3.8, 4) is 0 Å². The molecular weight excluding hydrogens is 293 g/mol. The number of aryl methyl sites for hydroxylation is 1. The molecule has 0 heterocycles. The smallest absolute Gasteiger partial charge is 0.128 e. The molecule has 0 aliphatic rings. The van der Waals surface area contributed by atoms with E-state index in [4.69, 9.17) is 5.73 Å². The molecule has 0 fully saturated rings. The maximum atomic E-state index is 13.7. The van der Waals surface area contributed by atoms with Crippen LogP contribution in [0.4, 0.5) is 4.39 Å². The Balaban J connectivity index is 2.21. The van der Waals surface area contributed by atoms with Crippen LogP contribution in [0, 0.1) is 12.7 Å². The topological polar surface area (TPSA) is 26.0 Å². The number of hydrogen-bond acceptors (Lipinski definition) is 1. The molecule has 0 bridgehead atoms. The molecule has 0 aliphatic carbocycles. The van der Waals surface area contributed by atoms with Gasteiger partial charge < -0.3 is 5.73 Å². The number of rotatable bonds is 3. The van der Waals surface area contributed by atoms with Crippen molar-refractivity contribution in [3.63, 3.8) is 0 Å². The molecule has 0 spiro atoms. The molecule has 0 saturated carbocycles. The highest BCUT2D eigenvalue weighted by atomic mass is 79.9. The second-order valence-corrected chi connectivity index (χ2v) is 5.38. The van der Waals surface area contributed by atoms with E-state index in [1.165, 1.54) is 6.07 Å². The van der Waals surface area contributed by atoms with Crippen LogP contribution in [-0.2, 0) is 6.42 Å². The lowest BCUT2D eigenvalue weighted by Gasteiger charge is -2.14. The van der Waals surface area contributed by atoms with Crippen LogP contribution < -0.4 is 5.73 Å². The molecule has 2 N–H and O–H groups in total. The van der Waals surface area contributed by atoms with E-state index in [1.54, 1.807) is 6.07 Å².